The van der Waals surface area contributed by atoms with Crippen LogP contribution in [-0.4, -0.2) is 43.9 Å². The molecule has 29 heavy (non-hydrogen) atoms. The van der Waals surface area contributed by atoms with Gasteiger partial charge in [0, 0.05) is 54.6 Å². The van der Waals surface area contributed by atoms with E-state index in [0.29, 0.717) is 30.0 Å². The van der Waals surface area contributed by atoms with E-state index in [0.717, 1.165) is 43.5 Å². The Kier molecular flexibility index (Phi) is 6.34. The molecule has 1 fully saturated rings. The number of carbonyl (C=O) groups excluding carboxylic acids is 1. The lowest BCUT2D eigenvalue weighted by Gasteiger charge is -2.34. The number of anilines is 1. The van der Waals surface area contributed by atoms with Crippen LogP contribution in [0.4, 0.5) is 18.9 Å². The predicted octanol–water partition coefficient (Wildman–Crippen LogP) is 4.49. The highest BCUT2D eigenvalue weighted by molar-refractivity contribution is 6.13. The molecule has 1 saturated heterocycles. The molecule has 3 nitrogen and oxygen atoms in total. The summed E-state index contributed by atoms with van der Waals surface area (Å²) >= 11 is 0. The molecule has 0 bridgehead atoms. The van der Waals surface area contributed by atoms with Gasteiger partial charge in [0.1, 0.15) is 5.82 Å². The van der Waals surface area contributed by atoms with Gasteiger partial charge in [-0.05, 0) is 55.8 Å². The van der Waals surface area contributed by atoms with Crippen molar-refractivity contribution >= 4 is 30.0 Å². The molecule has 0 unspecified atom stereocenters. The molecule has 0 atom stereocenters. The van der Waals surface area contributed by atoms with E-state index >= 15 is 0 Å². The number of likely N-dealkylation sites (N-methyl/N-ethyl adjacent to an activating group) is 1. The summed E-state index contributed by atoms with van der Waals surface area (Å²) in [6, 6.07) is 7.20. The van der Waals surface area contributed by atoms with E-state index in [1.54, 1.807) is 6.07 Å². The van der Waals surface area contributed by atoms with E-state index in [9.17, 15) is 18.0 Å². The zero-order valence-corrected chi connectivity index (χ0v) is 16.9. The minimum atomic E-state index is -1.26. The fraction of sp³-hybridized carbons (Fsp3) is 0.318. The number of rotatable bonds is 2. The lowest BCUT2D eigenvalue weighted by atomic mass is 9.85. The van der Waals surface area contributed by atoms with Crippen molar-refractivity contribution < 1.29 is 18.0 Å². The van der Waals surface area contributed by atoms with Crippen molar-refractivity contribution in [2.24, 2.45) is 0 Å². The molecule has 2 aromatic rings. The summed E-state index contributed by atoms with van der Waals surface area (Å²) in [5.41, 5.74) is 2.77. The molecule has 0 saturated carbocycles. The van der Waals surface area contributed by atoms with Gasteiger partial charge >= 0.3 is 0 Å². The number of aryl methyl sites for hydroxylation is 1. The smallest absolute Gasteiger partial charge is 0.189 e. The van der Waals surface area contributed by atoms with Gasteiger partial charge in [0.05, 0.1) is 0 Å². The van der Waals surface area contributed by atoms with Gasteiger partial charge in [-0.1, -0.05) is 0 Å². The van der Waals surface area contributed by atoms with Gasteiger partial charge in [-0.2, -0.15) is 0 Å². The maximum Gasteiger partial charge on any atom is 0.189 e. The van der Waals surface area contributed by atoms with Crippen LogP contribution in [0.2, 0.25) is 0 Å². The maximum atomic E-state index is 13.9. The number of halogens is 4. The van der Waals surface area contributed by atoms with Crippen LogP contribution in [0.15, 0.2) is 35.9 Å². The van der Waals surface area contributed by atoms with Gasteiger partial charge in [0.2, 0.25) is 0 Å². The standard InChI is InChI=1S/C22H21F3N2O.ClH/c1-26-6-8-27(9-7-26)18-4-5-19-14(12-18)2-3-15(22(19)28)10-16-11-17(23)13-20(24)21(16)25;/h4-5,10-13H,2-3,6-9H2,1H3;1H/b15-10+;. The van der Waals surface area contributed by atoms with Crippen molar-refractivity contribution in [2.75, 3.05) is 38.1 Å². The Hall–Kier alpha value is -2.31. The maximum absolute atomic E-state index is 13.9. The first-order chi connectivity index (χ1) is 13.4. The van der Waals surface area contributed by atoms with Crippen LogP contribution in [0.25, 0.3) is 6.08 Å². The van der Waals surface area contributed by atoms with E-state index in [4.69, 9.17) is 0 Å². The second kappa shape index (κ2) is 8.59. The van der Waals surface area contributed by atoms with Crippen LogP contribution >= 0.6 is 12.4 Å². The minimum Gasteiger partial charge on any atom is -0.369 e. The molecule has 4 rings (SSSR count). The largest absolute Gasteiger partial charge is 0.369 e. The van der Waals surface area contributed by atoms with Gasteiger partial charge in [0.15, 0.2) is 17.4 Å². The Balaban J connectivity index is 0.00000240. The summed E-state index contributed by atoms with van der Waals surface area (Å²) in [5.74, 6) is -3.48. The highest BCUT2D eigenvalue weighted by Gasteiger charge is 2.24. The number of benzene rings is 2. The van der Waals surface area contributed by atoms with Crippen LogP contribution in [0.1, 0.15) is 27.9 Å². The third-order valence-electron chi connectivity index (χ3n) is 5.51. The fourth-order valence-corrected chi connectivity index (χ4v) is 3.83. The molecule has 0 aromatic heterocycles. The van der Waals surface area contributed by atoms with Crippen molar-refractivity contribution in [3.8, 4) is 0 Å². The Morgan fingerprint density at radius 3 is 2.41 bits per heavy atom. The van der Waals surface area contributed by atoms with Crippen LogP contribution in [0, 0.1) is 17.5 Å². The van der Waals surface area contributed by atoms with E-state index in [1.165, 1.54) is 6.08 Å². The molecule has 2 aromatic carbocycles. The SMILES string of the molecule is CN1CCN(c2ccc3c(c2)CC/C(=C\c2cc(F)cc(F)c2F)C3=O)CC1.Cl. The third kappa shape index (κ3) is 4.33. The van der Waals surface area contributed by atoms with Crippen LogP contribution in [0.3, 0.4) is 0 Å². The van der Waals surface area contributed by atoms with E-state index in [1.807, 2.05) is 6.07 Å². The zero-order valence-electron chi connectivity index (χ0n) is 16.1. The minimum absolute atomic E-state index is 0. The molecule has 0 radical (unpaired) electrons. The first-order valence-electron chi connectivity index (χ1n) is 9.38. The van der Waals surface area contributed by atoms with Gasteiger partial charge in [-0.15, -0.1) is 12.4 Å². The summed E-state index contributed by atoms with van der Waals surface area (Å²) in [6.45, 7) is 3.88. The number of ketones is 1. The Bertz CT molecular complexity index is 969. The number of Topliss-reactive ketones (excluding diaryl/α,β-unsaturated/α-hetero) is 1. The van der Waals surface area contributed by atoms with Crippen LogP contribution in [0.5, 0.6) is 0 Å². The second-order valence-corrected chi connectivity index (χ2v) is 7.42. The first kappa shape index (κ1) is 21.4. The summed E-state index contributed by atoms with van der Waals surface area (Å²) in [6.07, 6.45) is 2.31. The van der Waals surface area contributed by atoms with Crippen molar-refractivity contribution in [2.45, 2.75) is 12.8 Å². The molecule has 154 valence electrons. The third-order valence-corrected chi connectivity index (χ3v) is 5.51. The molecular weight excluding hydrogens is 401 g/mol. The summed E-state index contributed by atoms with van der Waals surface area (Å²) in [5, 5.41) is 0. The number of allylic oxidation sites excluding steroid dienone is 1. The Labute approximate surface area is 174 Å². The van der Waals surface area contributed by atoms with Crippen molar-refractivity contribution in [3.63, 3.8) is 0 Å². The lowest BCUT2D eigenvalue weighted by molar-refractivity contribution is 0.102. The molecule has 1 heterocycles. The molecule has 1 aliphatic heterocycles. The van der Waals surface area contributed by atoms with Crippen LogP contribution < -0.4 is 4.90 Å². The van der Waals surface area contributed by atoms with Gasteiger partial charge < -0.3 is 9.80 Å². The molecule has 7 heteroatoms. The Morgan fingerprint density at radius 2 is 1.69 bits per heavy atom. The topological polar surface area (TPSA) is 23.6 Å². The summed E-state index contributed by atoms with van der Waals surface area (Å²) in [7, 11) is 2.10. The number of nitrogens with zero attached hydrogens (tertiary/aromatic N) is 2. The van der Waals surface area contributed by atoms with Crippen molar-refractivity contribution in [1.29, 1.82) is 0 Å². The normalized spacial score (nSPS) is 18.6. The van der Waals surface area contributed by atoms with Crippen molar-refractivity contribution in [3.05, 3.63) is 70.0 Å². The number of fused-ring (bicyclic) bond motifs is 1. The number of piperazine rings is 1. The molecular formula is C22H22ClF3N2O. The fourth-order valence-electron chi connectivity index (χ4n) is 3.83. The number of carbonyl (C=O) groups is 1. The highest BCUT2D eigenvalue weighted by atomic mass is 35.5. The summed E-state index contributed by atoms with van der Waals surface area (Å²) < 4.78 is 40.8. The van der Waals surface area contributed by atoms with Gasteiger partial charge in [-0.25, -0.2) is 13.2 Å². The monoisotopic (exact) mass is 422 g/mol. The van der Waals surface area contributed by atoms with Crippen LogP contribution in [-0.2, 0) is 6.42 Å². The molecule has 0 spiro atoms. The van der Waals surface area contributed by atoms with Gasteiger partial charge in [0.25, 0.3) is 0 Å². The number of hydrogen-bond acceptors (Lipinski definition) is 3. The first-order valence-corrected chi connectivity index (χ1v) is 9.38. The van der Waals surface area contributed by atoms with E-state index in [2.05, 4.69) is 22.9 Å². The molecule has 2 aliphatic rings. The lowest BCUT2D eigenvalue weighted by Crippen LogP contribution is -2.44. The highest BCUT2D eigenvalue weighted by Crippen LogP contribution is 2.31. The molecule has 1 aliphatic carbocycles. The quantitative estimate of drug-likeness (QED) is 0.526. The van der Waals surface area contributed by atoms with E-state index < -0.39 is 17.5 Å². The van der Waals surface area contributed by atoms with Crippen molar-refractivity contribution in [1.82, 2.24) is 4.90 Å². The second-order valence-electron chi connectivity index (χ2n) is 7.42. The predicted molar refractivity (Wildman–Crippen MR) is 110 cm³/mol. The average molecular weight is 423 g/mol. The molecule has 0 N–H and O–H groups in total. The molecule has 0 amide bonds. The number of hydrogen-bond donors (Lipinski definition) is 0. The van der Waals surface area contributed by atoms with E-state index in [-0.39, 0.29) is 23.8 Å². The zero-order chi connectivity index (χ0) is 19.8. The van der Waals surface area contributed by atoms with Gasteiger partial charge in [-0.3, -0.25) is 4.79 Å². The average Bonchev–Trinajstić information content (AvgIpc) is 2.68. The summed E-state index contributed by atoms with van der Waals surface area (Å²) in [4.78, 5) is 17.4. The Morgan fingerprint density at radius 1 is 0.966 bits per heavy atom.